The maximum Gasteiger partial charge on any atom is 0.251 e. The molecule has 1 aliphatic rings. The summed E-state index contributed by atoms with van der Waals surface area (Å²) in [6.45, 7) is 5.94. The summed E-state index contributed by atoms with van der Waals surface area (Å²) >= 11 is 0. The first-order valence-corrected chi connectivity index (χ1v) is 10.6. The van der Waals surface area contributed by atoms with Gasteiger partial charge in [0.25, 0.3) is 5.56 Å². The van der Waals surface area contributed by atoms with Gasteiger partial charge in [-0.3, -0.25) is 4.79 Å². The second-order valence-electron chi connectivity index (χ2n) is 7.27. The molecule has 2 N–H and O–H groups in total. The lowest BCUT2D eigenvalue weighted by molar-refractivity contribution is 0.415. The lowest BCUT2D eigenvalue weighted by atomic mass is 9.94. The van der Waals surface area contributed by atoms with Crippen molar-refractivity contribution in [3.63, 3.8) is 0 Å². The van der Waals surface area contributed by atoms with Crippen LogP contribution in [0.1, 0.15) is 38.3 Å². The second-order valence-corrected chi connectivity index (χ2v) is 7.27. The van der Waals surface area contributed by atoms with E-state index < -0.39 is 0 Å². The zero-order chi connectivity index (χ0) is 21.1. The molecule has 0 unspecified atom stereocenters. The van der Waals surface area contributed by atoms with Gasteiger partial charge in [-0.15, -0.1) is 0 Å². The summed E-state index contributed by atoms with van der Waals surface area (Å²) in [5.74, 6) is 1.15. The standard InChI is InChI=1S/C22H22N4O2.C2H6/c1-28-16-7-5-14(6-8-16)17-3-2-4-18-21(17)22-24-20(27)13-19(26(22)25-18)15-9-11-23-12-10-15;1-2/h2-8,13,15,23H,9-12H2,1H3,(H,24,27);1-2H3. The van der Waals surface area contributed by atoms with E-state index in [1.54, 1.807) is 13.2 Å². The van der Waals surface area contributed by atoms with Gasteiger partial charge >= 0.3 is 0 Å². The normalized spacial score (nSPS) is 14.5. The highest BCUT2D eigenvalue weighted by Gasteiger charge is 2.21. The summed E-state index contributed by atoms with van der Waals surface area (Å²) in [6.07, 6.45) is 2.03. The second kappa shape index (κ2) is 8.71. The summed E-state index contributed by atoms with van der Waals surface area (Å²) in [5, 5.41) is 9.21. The van der Waals surface area contributed by atoms with E-state index in [1.807, 2.05) is 54.8 Å². The average molecular weight is 405 g/mol. The number of H-pyrrole nitrogens is 1. The van der Waals surface area contributed by atoms with Crippen molar-refractivity contribution in [1.29, 1.82) is 0 Å². The van der Waals surface area contributed by atoms with Crippen molar-refractivity contribution in [3.8, 4) is 16.9 Å². The number of nitrogens with one attached hydrogen (secondary N) is 2. The minimum atomic E-state index is -0.0765. The van der Waals surface area contributed by atoms with Crippen molar-refractivity contribution in [1.82, 2.24) is 19.9 Å². The quantitative estimate of drug-likeness (QED) is 0.533. The van der Waals surface area contributed by atoms with E-state index in [4.69, 9.17) is 9.84 Å². The van der Waals surface area contributed by atoms with E-state index in [-0.39, 0.29) is 5.56 Å². The van der Waals surface area contributed by atoms with E-state index in [9.17, 15) is 4.79 Å². The number of methoxy groups -OCH3 is 1. The third-order valence-corrected chi connectivity index (χ3v) is 5.62. The molecule has 6 nitrogen and oxygen atoms in total. The SMILES string of the molecule is CC.COc1ccc(-c2cccc3nn4c(C5CCNCC5)cc(=O)[nH]c4c23)cc1. The Morgan fingerprint density at radius 1 is 1.07 bits per heavy atom. The number of ether oxygens (including phenoxy) is 1. The average Bonchev–Trinajstić information content (AvgIpc) is 3.19. The fourth-order valence-corrected chi connectivity index (χ4v) is 4.21. The van der Waals surface area contributed by atoms with Gasteiger partial charge in [-0.1, -0.05) is 38.1 Å². The summed E-state index contributed by atoms with van der Waals surface area (Å²) < 4.78 is 7.22. The maximum absolute atomic E-state index is 12.5. The van der Waals surface area contributed by atoms with Crippen LogP contribution < -0.4 is 15.6 Å². The highest BCUT2D eigenvalue weighted by atomic mass is 16.5. The van der Waals surface area contributed by atoms with Crippen LogP contribution in [0.4, 0.5) is 0 Å². The molecule has 1 saturated heterocycles. The zero-order valence-corrected chi connectivity index (χ0v) is 17.7. The Bertz CT molecular complexity index is 1200. The van der Waals surface area contributed by atoms with Crippen LogP contribution in [0.2, 0.25) is 0 Å². The van der Waals surface area contributed by atoms with Crippen molar-refractivity contribution >= 4 is 16.6 Å². The number of benzene rings is 2. The molecule has 0 spiro atoms. The molecule has 2 aromatic heterocycles. The minimum Gasteiger partial charge on any atom is -0.497 e. The number of rotatable bonds is 3. The monoisotopic (exact) mass is 404 g/mol. The van der Waals surface area contributed by atoms with Crippen molar-refractivity contribution in [3.05, 3.63) is 64.6 Å². The van der Waals surface area contributed by atoms with E-state index in [0.29, 0.717) is 5.92 Å². The zero-order valence-electron chi connectivity index (χ0n) is 17.7. The Balaban J connectivity index is 0.00000106. The largest absolute Gasteiger partial charge is 0.497 e. The fraction of sp³-hybridized carbons (Fsp3) is 0.333. The first-order chi connectivity index (χ1) is 14.7. The molecule has 4 aromatic rings. The molecule has 5 rings (SSSR count). The van der Waals surface area contributed by atoms with Gasteiger partial charge < -0.3 is 15.0 Å². The summed E-state index contributed by atoms with van der Waals surface area (Å²) in [7, 11) is 1.66. The van der Waals surface area contributed by atoms with Gasteiger partial charge in [0.2, 0.25) is 0 Å². The molecule has 0 atom stereocenters. The maximum atomic E-state index is 12.5. The Morgan fingerprint density at radius 2 is 1.80 bits per heavy atom. The van der Waals surface area contributed by atoms with Gasteiger partial charge in [-0.2, -0.15) is 5.10 Å². The first-order valence-electron chi connectivity index (χ1n) is 10.6. The predicted molar refractivity (Wildman–Crippen MR) is 121 cm³/mol. The third-order valence-electron chi connectivity index (χ3n) is 5.62. The molecule has 1 fully saturated rings. The van der Waals surface area contributed by atoms with Gasteiger partial charge in [0, 0.05) is 12.0 Å². The Kier molecular flexibility index (Phi) is 5.86. The van der Waals surface area contributed by atoms with Crippen molar-refractivity contribution < 1.29 is 4.74 Å². The molecule has 0 radical (unpaired) electrons. The van der Waals surface area contributed by atoms with Crippen LogP contribution in [0.15, 0.2) is 53.3 Å². The minimum absolute atomic E-state index is 0.0765. The first kappa shape index (κ1) is 20.2. The number of nitrogens with zero attached hydrogens (tertiary/aromatic N) is 2. The smallest absolute Gasteiger partial charge is 0.251 e. The van der Waals surface area contributed by atoms with Gasteiger partial charge in [0.1, 0.15) is 11.4 Å². The van der Waals surface area contributed by atoms with Crippen molar-refractivity contribution in [2.24, 2.45) is 0 Å². The molecule has 6 heteroatoms. The molecule has 3 heterocycles. The number of aromatic amines is 1. The van der Waals surface area contributed by atoms with Crippen molar-refractivity contribution in [2.75, 3.05) is 20.2 Å². The number of piperidine rings is 1. The fourth-order valence-electron chi connectivity index (χ4n) is 4.21. The molecule has 1 aliphatic heterocycles. The molecular formula is C24H28N4O2. The topological polar surface area (TPSA) is 71.4 Å². The highest BCUT2D eigenvalue weighted by molar-refractivity contribution is 6.04. The van der Waals surface area contributed by atoms with Crippen LogP contribution in [0, 0.1) is 0 Å². The van der Waals surface area contributed by atoms with Crippen LogP contribution in [0.5, 0.6) is 5.75 Å². The lowest BCUT2D eigenvalue weighted by Crippen LogP contribution is -2.28. The molecule has 2 aromatic carbocycles. The third kappa shape index (κ3) is 3.59. The molecule has 0 saturated carbocycles. The van der Waals surface area contributed by atoms with Crippen LogP contribution in [-0.2, 0) is 0 Å². The van der Waals surface area contributed by atoms with E-state index in [0.717, 1.165) is 65.1 Å². The van der Waals surface area contributed by atoms with Gasteiger partial charge in [0.05, 0.1) is 23.7 Å². The number of hydrogen-bond donors (Lipinski definition) is 2. The molecule has 30 heavy (non-hydrogen) atoms. The van der Waals surface area contributed by atoms with Gasteiger partial charge in [-0.25, -0.2) is 4.52 Å². The number of aromatic nitrogens is 3. The highest BCUT2D eigenvalue weighted by Crippen LogP contribution is 2.33. The van der Waals surface area contributed by atoms with Crippen molar-refractivity contribution in [2.45, 2.75) is 32.6 Å². The Labute approximate surface area is 175 Å². The number of hydrogen-bond acceptors (Lipinski definition) is 4. The van der Waals surface area contributed by atoms with Crippen LogP contribution >= 0.6 is 0 Å². The van der Waals surface area contributed by atoms with Gasteiger partial charge in [-0.05, 0) is 55.3 Å². The lowest BCUT2D eigenvalue weighted by Gasteiger charge is -2.23. The summed E-state index contributed by atoms with van der Waals surface area (Å²) in [5.41, 5.74) is 4.68. The molecule has 156 valence electrons. The molecule has 0 amide bonds. The van der Waals surface area contributed by atoms with Crippen LogP contribution in [-0.4, -0.2) is 34.8 Å². The molecule has 0 bridgehead atoms. The Morgan fingerprint density at radius 3 is 2.50 bits per heavy atom. The molecule has 0 aliphatic carbocycles. The van der Waals surface area contributed by atoms with Crippen LogP contribution in [0.25, 0.3) is 27.7 Å². The van der Waals surface area contributed by atoms with E-state index in [2.05, 4.69) is 16.4 Å². The number of fused-ring (bicyclic) bond motifs is 3. The van der Waals surface area contributed by atoms with E-state index >= 15 is 0 Å². The predicted octanol–water partition coefficient (Wildman–Crippen LogP) is 4.34. The summed E-state index contributed by atoms with van der Waals surface area (Å²) in [6, 6.07) is 15.8. The van der Waals surface area contributed by atoms with Crippen LogP contribution in [0.3, 0.4) is 0 Å². The van der Waals surface area contributed by atoms with E-state index in [1.165, 1.54) is 0 Å². The summed E-state index contributed by atoms with van der Waals surface area (Å²) in [4.78, 5) is 15.5. The molecular weight excluding hydrogens is 376 g/mol. The van der Waals surface area contributed by atoms with Gasteiger partial charge in [0.15, 0.2) is 0 Å². The Hall–Kier alpha value is -3.12.